The molecule has 1 aliphatic rings. The van der Waals surface area contributed by atoms with Crippen molar-refractivity contribution >= 4 is 28.7 Å². The number of nitrogens with zero attached hydrogens (tertiary/aromatic N) is 4. The molecule has 4 heterocycles. The van der Waals surface area contributed by atoms with E-state index in [1.807, 2.05) is 11.4 Å². The summed E-state index contributed by atoms with van der Waals surface area (Å²) in [6.45, 7) is 1.76. The van der Waals surface area contributed by atoms with Crippen LogP contribution in [0.3, 0.4) is 0 Å². The molecule has 3 aromatic rings. The van der Waals surface area contributed by atoms with Crippen LogP contribution in [-0.4, -0.2) is 57.7 Å². The molecular formula is C19H22F3N8O+. The van der Waals surface area contributed by atoms with Crippen LogP contribution in [0, 0.1) is 0 Å². The fourth-order valence-electron chi connectivity index (χ4n) is 3.46. The summed E-state index contributed by atoms with van der Waals surface area (Å²) in [5.41, 5.74) is 2.08. The van der Waals surface area contributed by atoms with Crippen molar-refractivity contribution in [2.75, 3.05) is 29.9 Å². The number of aromatic amines is 2. The van der Waals surface area contributed by atoms with E-state index in [-0.39, 0.29) is 5.95 Å². The molecule has 1 fully saturated rings. The molecule has 0 aliphatic carbocycles. The minimum absolute atomic E-state index is 0.163. The van der Waals surface area contributed by atoms with E-state index >= 15 is 0 Å². The van der Waals surface area contributed by atoms with E-state index in [4.69, 9.17) is 0 Å². The Balaban J connectivity index is 1.63. The monoisotopic (exact) mass is 435 g/mol. The molecule has 31 heavy (non-hydrogen) atoms. The van der Waals surface area contributed by atoms with Gasteiger partial charge in [-0.25, -0.2) is 9.97 Å². The van der Waals surface area contributed by atoms with Crippen LogP contribution in [0.4, 0.5) is 24.9 Å². The van der Waals surface area contributed by atoms with Gasteiger partial charge in [0.25, 0.3) is 12.0 Å². The molecule has 1 aliphatic heterocycles. The Hall–Kier alpha value is -3.44. The molecule has 0 saturated carbocycles. The number of carbonyl (C=O) groups excluding carboxylic acids is 1. The molecule has 0 aromatic carbocycles. The van der Waals surface area contributed by atoms with Gasteiger partial charge >= 0.3 is 6.18 Å². The normalized spacial score (nSPS) is 15.3. The number of halogens is 3. The molecule has 0 spiro atoms. The second-order valence-corrected chi connectivity index (χ2v) is 7.36. The maximum atomic E-state index is 12.4. The van der Waals surface area contributed by atoms with E-state index in [1.165, 1.54) is 6.92 Å². The Labute approximate surface area is 175 Å². The third kappa shape index (κ3) is 4.84. The maximum Gasteiger partial charge on any atom is 0.405 e. The summed E-state index contributed by atoms with van der Waals surface area (Å²) in [6, 6.07) is 0.905. The summed E-state index contributed by atoms with van der Waals surface area (Å²) in [4.78, 5) is 33.5. The van der Waals surface area contributed by atoms with Crippen LogP contribution in [0.2, 0.25) is 0 Å². The number of fused-ring (bicyclic) bond motifs is 1. The Morgan fingerprint density at radius 2 is 2.10 bits per heavy atom. The predicted octanol–water partition coefficient (Wildman–Crippen LogP) is 1.91. The maximum absolute atomic E-state index is 12.4. The molecule has 0 radical (unpaired) electrons. The number of anilines is 2. The smallest absolute Gasteiger partial charge is 0.356 e. The molecule has 0 unspecified atom stereocenters. The fraction of sp³-hybridized carbons (Fsp3) is 0.421. The van der Waals surface area contributed by atoms with Crippen molar-refractivity contribution in [3.05, 3.63) is 24.8 Å². The summed E-state index contributed by atoms with van der Waals surface area (Å²) in [5, 5.41) is 5.53. The van der Waals surface area contributed by atoms with Crippen molar-refractivity contribution in [1.82, 2.24) is 25.3 Å². The van der Waals surface area contributed by atoms with E-state index < -0.39 is 24.7 Å². The van der Waals surface area contributed by atoms with E-state index in [0.717, 1.165) is 36.9 Å². The van der Waals surface area contributed by atoms with Gasteiger partial charge in [0.1, 0.15) is 24.6 Å². The quantitative estimate of drug-likeness (QED) is 0.545. The highest BCUT2D eigenvalue weighted by Crippen LogP contribution is 2.29. The molecule has 12 heteroatoms. The highest BCUT2D eigenvalue weighted by atomic mass is 19.4. The van der Waals surface area contributed by atoms with E-state index in [0.29, 0.717) is 17.2 Å². The Bertz CT molecular complexity index is 1080. The number of hydrogen-bond donors (Lipinski definition) is 3. The third-order valence-electron chi connectivity index (χ3n) is 5.01. The van der Waals surface area contributed by atoms with Gasteiger partial charge in [-0.3, -0.25) is 4.79 Å². The minimum Gasteiger partial charge on any atom is -0.356 e. The van der Waals surface area contributed by atoms with Crippen LogP contribution in [0.1, 0.15) is 19.8 Å². The first-order chi connectivity index (χ1) is 14.8. The number of H-pyrrole nitrogens is 2. The van der Waals surface area contributed by atoms with Crippen molar-refractivity contribution in [1.29, 1.82) is 0 Å². The second kappa shape index (κ2) is 8.36. The SMILES string of the molecule is C[C@H](Nc1nc(-c2c[nH]c3nc[nH+]cc23)cc(N2CCCC2)n1)C(=O)NCC(F)(F)F. The average Bonchev–Trinajstić information content (AvgIpc) is 3.41. The van der Waals surface area contributed by atoms with Gasteiger partial charge in [-0.05, 0) is 24.7 Å². The standard InChI is InChI=1S/C19H21F3N8O/c1-11(17(31)25-9-19(20,21)22)27-18-28-14(6-15(29-18)30-4-2-3-5-30)12-8-24-16-13(12)7-23-10-26-16/h6-8,10-11H,2-5,9H2,1H3,(H,25,31)(H,23,24,26)(H,27,28,29)/p+1/t11-/m0/s1. The number of rotatable bonds is 6. The first-order valence-electron chi connectivity index (χ1n) is 9.89. The molecule has 1 amide bonds. The van der Waals surface area contributed by atoms with Crippen LogP contribution in [0.25, 0.3) is 22.3 Å². The van der Waals surface area contributed by atoms with E-state index in [2.05, 4.69) is 35.1 Å². The van der Waals surface area contributed by atoms with Gasteiger partial charge in [0.05, 0.1) is 11.1 Å². The molecule has 1 atom stereocenters. The van der Waals surface area contributed by atoms with Gasteiger partial charge in [-0.15, -0.1) is 0 Å². The first kappa shape index (κ1) is 20.8. The van der Waals surface area contributed by atoms with Gasteiger partial charge < -0.3 is 20.5 Å². The molecule has 1 saturated heterocycles. The van der Waals surface area contributed by atoms with Crippen molar-refractivity contribution in [2.24, 2.45) is 0 Å². The number of nitrogens with one attached hydrogen (secondary N) is 4. The second-order valence-electron chi connectivity index (χ2n) is 7.36. The number of hydrogen-bond acceptors (Lipinski definition) is 6. The lowest BCUT2D eigenvalue weighted by molar-refractivity contribution is -0.380. The first-order valence-corrected chi connectivity index (χ1v) is 9.89. The van der Waals surface area contributed by atoms with Crippen molar-refractivity contribution < 1.29 is 22.9 Å². The summed E-state index contributed by atoms with van der Waals surface area (Å²) in [6.07, 6.45) is 2.76. The van der Waals surface area contributed by atoms with Crippen LogP contribution in [0.15, 0.2) is 24.8 Å². The highest BCUT2D eigenvalue weighted by Gasteiger charge is 2.29. The fourth-order valence-corrected chi connectivity index (χ4v) is 3.46. The number of alkyl halides is 3. The third-order valence-corrected chi connectivity index (χ3v) is 5.01. The topological polar surface area (TPSA) is 113 Å². The van der Waals surface area contributed by atoms with Crippen molar-refractivity contribution in [3.8, 4) is 11.3 Å². The lowest BCUT2D eigenvalue weighted by atomic mass is 10.1. The zero-order valence-electron chi connectivity index (χ0n) is 16.8. The Morgan fingerprint density at radius 1 is 1.32 bits per heavy atom. The van der Waals surface area contributed by atoms with Gasteiger partial charge in [0, 0.05) is 30.9 Å². The zero-order valence-corrected chi connectivity index (χ0v) is 16.8. The minimum atomic E-state index is -4.48. The van der Waals surface area contributed by atoms with E-state index in [1.54, 1.807) is 18.7 Å². The summed E-state index contributed by atoms with van der Waals surface area (Å²) < 4.78 is 37.2. The summed E-state index contributed by atoms with van der Waals surface area (Å²) in [5.74, 6) is 0.0614. The molecule has 164 valence electrons. The largest absolute Gasteiger partial charge is 0.405 e. The van der Waals surface area contributed by atoms with E-state index in [9.17, 15) is 18.0 Å². The number of amides is 1. The molecule has 3 aromatic heterocycles. The predicted molar refractivity (Wildman–Crippen MR) is 107 cm³/mol. The lowest BCUT2D eigenvalue weighted by Gasteiger charge is -2.20. The molecule has 4 rings (SSSR count). The molecular weight excluding hydrogens is 413 g/mol. The zero-order chi connectivity index (χ0) is 22.0. The van der Waals surface area contributed by atoms with Crippen LogP contribution in [-0.2, 0) is 4.79 Å². The lowest BCUT2D eigenvalue weighted by Crippen LogP contribution is -2.42. The average molecular weight is 435 g/mol. The van der Waals surface area contributed by atoms with Gasteiger partial charge in [-0.2, -0.15) is 18.2 Å². The number of aromatic nitrogens is 5. The Kier molecular flexibility index (Phi) is 5.61. The van der Waals surface area contributed by atoms with Gasteiger partial charge in [0.2, 0.25) is 11.9 Å². The summed E-state index contributed by atoms with van der Waals surface area (Å²) >= 11 is 0. The van der Waals surface area contributed by atoms with Crippen LogP contribution < -0.4 is 20.5 Å². The summed E-state index contributed by atoms with van der Waals surface area (Å²) in [7, 11) is 0. The van der Waals surface area contributed by atoms with Crippen LogP contribution >= 0.6 is 0 Å². The van der Waals surface area contributed by atoms with Crippen molar-refractivity contribution in [2.45, 2.75) is 32.0 Å². The van der Waals surface area contributed by atoms with Crippen molar-refractivity contribution in [3.63, 3.8) is 0 Å². The van der Waals surface area contributed by atoms with Gasteiger partial charge in [0.15, 0.2) is 0 Å². The van der Waals surface area contributed by atoms with Gasteiger partial charge in [-0.1, -0.05) is 0 Å². The molecule has 9 nitrogen and oxygen atoms in total. The molecule has 0 bridgehead atoms. The van der Waals surface area contributed by atoms with Crippen LogP contribution in [0.5, 0.6) is 0 Å². The molecule has 4 N–H and O–H groups in total. The number of carbonyl (C=O) groups is 1. The highest BCUT2D eigenvalue weighted by molar-refractivity contribution is 5.92. The Morgan fingerprint density at radius 3 is 2.84 bits per heavy atom.